The SMILES string of the molecule is Nc1ccc(O)cc1C(=O)N1CCC[C@H]2CCCC[C@H]21. The Hall–Kier alpha value is -1.71. The van der Waals surface area contributed by atoms with E-state index in [4.69, 9.17) is 5.73 Å². The summed E-state index contributed by atoms with van der Waals surface area (Å²) < 4.78 is 0. The topological polar surface area (TPSA) is 66.6 Å². The van der Waals surface area contributed by atoms with Crippen LogP contribution in [0.25, 0.3) is 0 Å². The Morgan fingerprint density at radius 3 is 2.80 bits per heavy atom. The van der Waals surface area contributed by atoms with Gasteiger partial charge < -0.3 is 15.7 Å². The molecule has 0 aromatic heterocycles. The van der Waals surface area contributed by atoms with Crippen molar-refractivity contribution in [2.24, 2.45) is 5.92 Å². The molecule has 1 heterocycles. The summed E-state index contributed by atoms with van der Waals surface area (Å²) in [6.07, 6.45) is 7.16. The molecule has 20 heavy (non-hydrogen) atoms. The fourth-order valence-electron chi connectivity index (χ4n) is 3.76. The molecule has 4 heteroatoms. The van der Waals surface area contributed by atoms with Crippen LogP contribution in [0.15, 0.2) is 18.2 Å². The molecule has 1 aromatic carbocycles. The number of nitrogens with zero attached hydrogens (tertiary/aromatic N) is 1. The molecule has 0 radical (unpaired) electrons. The third-order valence-electron chi connectivity index (χ3n) is 4.77. The fourth-order valence-corrected chi connectivity index (χ4v) is 3.76. The number of nitrogens with two attached hydrogens (primary N) is 1. The van der Waals surface area contributed by atoms with Crippen molar-refractivity contribution in [1.82, 2.24) is 4.90 Å². The Morgan fingerprint density at radius 1 is 1.20 bits per heavy atom. The third-order valence-corrected chi connectivity index (χ3v) is 4.77. The minimum Gasteiger partial charge on any atom is -0.508 e. The van der Waals surface area contributed by atoms with Gasteiger partial charge in [-0.1, -0.05) is 12.8 Å². The molecule has 3 N–H and O–H groups in total. The Bertz CT molecular complexity index is 513. The number of hydrogen-bond donors (Lipinski definition) is 2. The molecule has 2 atom stereocenters. The van der Waals surface area contributed by atoms with Crippen LogP contribution in [0.1, 0.15) is 48.9 Å². The number of benzene rings is 1. The highest BCUT2D eigenvalue weighted by molar-refractivity contribution is 5.99. The van der Waals surface area contributed by atoms with Crippen molar-refractivity contribution in [2.75, 3.05) is 12.3 Å². The highest BCUT2D eigenvalue weighted by Crippen LogP contribution is 2.36. The summed E-state index contributed by atoms with van der Waals surface area (Å²) in [7, 11) is 0. The van der Waals surface area contributed by atoms with E-state index in [1.165, 1.54) is 37.8 Å². The molecule has 0 spiro atoms. The van der Waals surface area contributed by atoms with Gasteiger partial charge in [0.2, 0.25) is 0 Å². The van der Waals surface area contributed by atoms with E-state index in [2.05, 4.69) is 0 Å². The number of piperidine rings is 1. The van der Waals surface area contributed by atoms with Gasteiger partial charge in [0.1, 0.15) is 5.75 Å². The first-order valence-electron chi connectivity index (χ1n) is 7.56. The summed E-state index contributed by atoms with van der Waals surface area (Å²) in [5, 5.41) is 9.59. The van der Waals surface area contributed by atoms with E-state index in [1.807, 2.05) is 4.90 Å². The van der Waals surface area contributed by atoms with Crippen molar-refractivity contribution < 1.29 is 9.90 Å². The Morgan fingerprint density at radius 2 is 1.95 bits per heavy atom. The van der Waals surface area contributed by atoms with Crippen LogP contribution < -0.4 is 5.73 Å². The van der Waals surface area contributed by atoms with Gasteiger partial charge in [-0.3, -0.25) is 4.79 Å². The van der Waals surface area contributed by atoms with Gasteiger partial charge in [-0.25, -0.2) is 0 Å². The first kappa shape index (κ1) is 13.3. The average Bonchev–Trinajstić information content (AvgIpc) is 2.48. The van der Waals surface area contributed by atoms with Gasteiger partial charge >= 0.3 is 0 Å². The van der Waals surface area contributed by atoms with Gasteiger partial charge in [0, 0.05) is 18.3 Å². The second kappa shape index (κ2) is 5.35. The maximum atomic E-state index is 12.8. The van der Waals surface area contributed by atoms with Crippen molar-refractivity contribution in [1.29, 1.82) is 0 Å². The van der Waals surface area contributed by atoms with Crippen LogP contribution in [0.2, 0.25) is 0 Å². The number of hydrogen-bond acceptors (Lipinski definition) is 3. The van der Waals surface area contributed by atoms with Gasteiger partial charge in [0.25, 0.3) is 5.91 Å². The number of nitrogen functional groups attached to an aromatic ring is 1. The minimum absolute atomic E-state index is 0.0185. The number of anilines is 1. The van der Waals surface area contributed by atoms with Crippen LogP contribution in [0, 0.1) is 5.92 Å². The van der Waals surface area contributed by atoms with E-state index >= 15 is 0 Å². The zero-order valence-corrected chi connectivity index (χ0v) is 11.7. The summed E-state index contributed by atoms with van der Waals surface area (Å²) in [6, 6.07) is 4.98. The zero-order valence-electron chi connectivity index (χ0n) is 11.7. The summed E-state index contributed by atoms with van der Waals surface area (Å²) in [4.78, 5) is 14.8. The van der Waals surface area contributed by atoms with E-state index in [-0.39, 0.29) is 11.7 Å². The van der Waals surface area contributed by atoms with Crippen LogP contribution in [-0.4, -0.2) is 28.5 Å². The van der Waals surface area contributed by atoms with Crippen molar-refractivity contribution in [3.8, 4) is 5.75 Å². The van der Waals surface area contributed by atoms with E-state index in [9.17, 15) is 9.90 Å². The highest BCUT2D eigenvalue weighted by atomic mass is 16.3. The van der Waals surface area contributed by atoms with Gasteiger partial charge in [-0.15, -0.1) is 0 Å². The predicted octanol–water partition coefficient (Wildman–Crippen LogP) is 2.77. The van der Waals surface area contributed by atoms with Crippen LogP contribution in [0.5, 0.6) is 5.75 Å². The zero-order chi connectivity index (χ0) is 14.1. The lowest BCUT2D eigenvalue weighted by atomic mass is 9.78. The van der Waals surface area contributed by atoms with Crippen LogP contribution >= 0.6 is 0 Å². The molecular formula is C16H22N2O2. The number of carbonyl (C=O) groups excluding carboxylic acids is 1. The first-order valence-corrected chi connectivity index (χ1v) is 7.56. The molecule has 2 aliphatic rings. The molecule has 0 unspecified atom stereocenters. The summed E-state index contributed by atoms with van der Waals surface area (Å²) >= 11 is 0. The molecule has 1 aromatic rings. The lowest BCUT2D eigenvalue weighted by Crippen LogP contribution is -2.49. The highest BCUT2D eigenvalue weighted by Gasteiger charge is 2.36. The molecule has 1 saturated heterocycles. The Balaban J connectivity index is 1.87. The smallest absolute Gasteiger partial charge is 0.256 e. The first-order chi connectivity index (χ1) is 9.66. The number of carbonyl (C=O) groups is 1. The fraction of sp³-hybridized carbons (Fsp3) is 0.562. The summed E-state index contributed by atoms with van der Waals surface area (Å²) in [5.41, 5.74) is 6.80. The van der Waals surface area contributed by atoms with E-state index in [1.54, 1.807) is 6.07 Å². The summed E-state index contributed by atoms with van der Waals surface area (Å²) in [6.45, 7) is 0.815. The van der Waals surface area contributed by atoms with Crippen LogP contribution in [0.3, 0.4) is 0 Å². The van der Waals surface area contributed by atoms with Crippen LogP contribution in [-0.2, 0) is 0 Å². The molecule has 1 aliphatic carbocycles. The number of fused-ring (bicyclic) bond motifs is 1. The number of amides is 1. The van der Waals surface area contributed by atoms with Gasteiger partial charge in [-0.05, 0) is 49.8 Å². The maximum absolute atomic E-state index is 12.8. The largest absolute Gasteiger partial charge is 0.508 e. The molecule has 108 valence electrons. The molecule has 4 nitrogen and oxygen atoms in total. The number of phenols is 1. The van der Waals surface area contributed by atoms with Crippen LogP contribution in [0.4, 0.5) is 5.69 Å². The monoisotopic (exact) mass is 274 g/mol. The lowest BCUT2D eigenvalue weighted by molar-refractivity contribution is 0.0391. The Labute approximate surface area is 119 Å². The molecular weight excluding hydrogens is 252 g/mol. The normalized spacial score (nSPS) is 26.1. The Kier molecular flexibility index (Phi) is 3.55. The molecule has 1 aliphatic heterocycles. The molecule has 1 saturated carbocycles. The molecule has 0 bridgehead atoms. The standard InChI is InChI=1S/C16H22N2O2/c17-14-8-7-12(19)10-13(14)16(20)18-9-3-5-11-4-1-2-6-15(11)18/h7-8,10-11,15,19H,1-6,9,17H2/t11-,15-/m1/s1. The predicted molar refractivity (Wildman–Crippen MR) is 78.5 cm³/mol. The van der Waals surface area contributed by atoms with Gasteiger partial charge in [0.05, 0.1) is 5.56 Å². The third kappa shape index (κ3) is 2.35. The molecule has 1 amide bonds. The van der Waals surface area contributed by atoms with Crippen molar-refractivity contribution in [3.63, 3.8) is 0 Å². The van der Waals surface area contributed by atoms with E-state index in [0.29, 0.717) is 23.2 Å². The van der Waals surface area contributed by atoms with Gasteiger partial charge in [0.15, 0.2) is 0 Å². The molecule has 3 rings (SSSR count). The lowest BCUT2D eigenvalue weighted by Gasteiger charge is -2.44. The van der Waals surface area contributed by atoms with Gasteiger partial charge in [-0.2, -0.15) is 0 Å². The number of phenolic OH excluding ortho intramolecular Hbond substituents is 1. The number of rotatable bonds is 1. The average molecular weight is 274 g/mol. The van der Waals surface area contributed by atoms with E-state index < -0.39 is 0 Å². The summed E-state index contributed by atoms with van der Waals surface area (Å²) in [5.74, 6) is 0.731. The second-order valence-corrected chi connectivity index (χ2v) is 6.02. The maximum Gasteiger partial charge on any atom is 0.256 e. The number of likely N-dealkylation sites (tertiary alicyclic amines) is 1. The van der Waals surface area contributed by atoms with E-state index in [0.717, 1.165) is 19.4 Å². The number of aromatic hydroxyl groups is 1. The quantitative estimate of drug-likeness (QED) is 0.611. The molecule has 2 fully saturated rings. The van der Waals surface area contributed by atoms with Crippen molar-refractivity contribution >= 4 is 11.6 Å². The second-order valence-electron chi connectivity index (χ2n) is 6.02. The van der Waals surface area contributed by atoms with Crippen molar-refractivity contribution in [2.45, 2.75) is 44.6 Å². The minimum atomic E-state index is -0.0185. The van der Waals surface area contributed by atoms with Crippen molar-refractivity contribution in [3.05, 3.63) is 23.8 Å².